The van der Waals surface area contributed by atoms with Gasteiger partial charge in [-0.15, -0.1) is 0 Å². The van der Waals surface area contributed by atoms with Gasteiger partial charge in [-0.3, -0.25) is 5.21 Å². The molecule has 2 aromatic carbocycles. The number of hydrogen-bond donors (Lipinski definition) is 1. The van der Waals surface area contributed by atoms with Gasteiger partial charge in [-0.05, 0) is 34.8 Å². The molecule has 1 aliphatic rings. The van der Waals surface area contributed by atoms with Crippen molar-refractivity contribution >= 4 is 11.5 Å². The van der Waals surface area contributed by atoms with E-state index in [9.17, 15) is 10.0 Å². The fraction of sp³-hybridized carbons (Fsp3) is 0.190. The van der Waals surface area contributed by atoms with Gasteiger partial charge in [0.2, 0.25) is 0 Å². The predicted octanol–water partition coefficient (Wildman–Crippen LogP) is 4.14. The topological polar surface area (TPSA) is 49.8 Å². The van der Waals surface area contributed by atoms with Crippen LogP contribution < -0.4 is 0 Å². The van der Waals surface area contributed by atoms with Gasteiger partial charge in [0, 0.05) is 0 Å². The number of ether oxygens (including phenoxy) is 1. The van der Waals surface area contributed by atoms with Gasteiger partial charge < -0.3 is 4.74 Å². The van der Waals surface area contributed by atoms with Crippen molar-refractivity contribution in [2.75, 3.05) is 7.11 Å². The highest BCUT2D eigenvalue weighted by Gasteiger charge is 2.32. The predicted molar refractivity (Wildman–Crippen MR) is 96.7 cm³/mol. The standard InChI is InChI=1S/C21H21NO3/c1-3-15-9-11-16(12-10-15)18-13-14-19(21(23)25-2)22(24)20(18)17-7-5-4-6-8-17/h4-14,20,24H,3H2,1-2H3. The van der Waals surface area contributed by atoms with Gasteiger partial charge >= 0.3 is 5.97 Å². The van der Waals surface area contributed by atoms with Crippen LogP contribution >= 0.6 is 0 Å². The van der Waals surface area contributed by atoms with E-state index >= 15 is 0 Å². The van der Waals surface area contributed by atoms with Crippen LogP contribution in [0.15, 0.2) is 72.4 Å². The molecule has 2 aromatic rings. The zero-order valence-corrected chi connectivity index (χ0v) is 14.3. The zero-order chi connectivity index (χ0) is 17.8. The first-order valence-electron chi connectivity index (χ1n) is 8.28. The Hall–Kier alpha value is -2.85. The number of benzene rings is 2. The lowest BCUT2D eigenvalue weighted by Crippen LogP contribution is -2.32. The number of carbonyl (C=O) groups excluding carboxylic acids is 1. The van der Waals surface area contributed by atoms with Crippen molar-refractivity contribution in [1.29, 1.82) is 0 Å². The van der Waals surface area contributed by atoms with Crippen LogP contribution in [0.1, 0.15) is 29.7 Å². The molecule has 1 unspecified atom stereocenters. The molecule has 1 atom stereocenters. The van der Waals surface area contributed by atoms with Gasteiger partial charge in [0.1, 0.15) is 11.7 Å². The lowest BCUT2D eigenvalue weighted by atomic mass is 9.89. The summed E-state index contributed by atoms with van der Waals surface area (Å²) in [5.74, 6) is -0.569. The maximum absolute atomic E-state index is 12.0. The van der Waals surface area contributed by atoms with Crippen LogP contribution in [0.3, 0.4) is 0 Å². The molecule has 0 aliphatic carbocycles. The van der Waals surface area contributed by atoms with Crippen molar-refractivity contribution in [3.63, 3.8) is 0 Å². The second kappa shape index (κ2) is 7.36. The fourth-order valence-electron chi connectivity index (χ4n) is 3.02. The smallest absolute Gasteiger partial charge is 0.356 e. The monoisotopic (exact) mass is 335 g/mol. The van der Waals surface area contributed by atoms with Gasteiger partial charge in [-0.1, -0.05) is 67.6 Å². The Labute approximate surface area is 147 Å². The van der Waals surface area contributed by atoms with Gasteiger partial charge in [0.05, 0.1) is 7.11 Å². The van der Waals surface area contributed by atoms with Crippen molar-refractivity contribution in [2.24, 2.45) is 0 Å². The molecule has 3 rings (SSSR count). The third-order valence-corrected chi connectivity index (χ3v) is 4.41. The minimum absolute atomic E-state index is 0.116. The van der Waals surface area contributed by atoms with Gasteiger partial charge in [-0.25, -0.2) is 9.86 Å². The quantitative estimate of drug-likeness (QED) is 0.853. The Morgan fingerprint density at radius 1 is 1.08 bits per heavy atom. The molecule has 4 nitrogen and oxygen atoms in total. The van der Waals surface area contributed by atoms with Crippen LogP contribution in [-0.4, -0.2) is 23.3 Å². The zero-order valence-electron chi connectivity index (χ0n) is 14.3. The second-order valence-electron chi connectivity index (χ2n) is 5.87. The van der Waals surface area contributed by atoms with Crippen LogP contribution in [0.25, 0.3) is 5.57 Å². The third kappa shape index (κ3) is 3.35. The summed E-state index contributed by atoms with van der Waals surface area (Å²) in [6.07, 6.45) is 4.44. The van der Waals surface area contributed by atoms with E-state index in [4.69, 9.17) is 4.74 Å². The number of methoxy groups -OCH3 is 1. The van der Waals surface area contributed by atoms with Crippen LogP contribution in [0.2, 0.25) is 0 Å². The summed E-state index contributed by atoms with van der Waals surface area (Å²) in [5, 5.41) is 11.7. The van der Waals surface area contributed by atoms with Crippen molar-refractivity contribution in [3.05, 3.63) is 89.1 Å². The number of carbonyl (C=O) groups is 1. The minimum atomic E-state index is -0.569. The molecule has 1 aliphatic heterocycles. The Morgan fingerprint density at radius 3 is 2.36 bits per heavy atom. The first-order chi connectivity index (χ1) is 12.2. The maximum Gasteiger partial charge on any atom is 0.356 e. The van der Waals surface area contributed by atoms with Crippen LogP contribution in [-0.2, 0) is 16.0 Å². The molecule has 0 bridgehead atoms. The number of allylic oxidation sites excluding steroid dienone is 2. The van der Waals surface area contributed by atoms with Crippen molar-refractivity contribution in [2.45, 2.75) is 19.4 Å². The summed E-state index contributed by atoms with van der Waals surface area (Å²) in [5.41, 5.74) is 4.19. The number of esters is 1. The Kier molecular flexibility index (Phi) is 5.00. The SMILES string of the molecule is CCc1ccc(C2=CC=C(C(=O)OC)N(O)C2c2ccccc2)cc1. The number of hydrogen-bond acceptors (Lipinski definition) is 4. The normalized spacial score (nSPS) is 16.9. The largest absolute Gasteiger partial charge is 0.464 e. The van der Waals surface area contributed by atoms with E-state index < -0.39 is 12.0 Å². The van der Waals surface area contributed by atoms with Crippen LogP contribution in [0, 0.1) is 0 Å². The first-order valence-corrected chi connectivity index (χ1v) is 8.28. The molecular formula is C21H21NO3. The van der Waals surface area contributed by atoms with Crippen LogP contribution in [0.4, 0.5) is 0 Å². The molecule has 0 fully saturated rings. The molecule has 1 heterocycles. The molecule has 0 spiro atoms. The Morgan fingerprint density at radius 2 is 1.76 bits per heavy atom. The molecule has 128 valence electrons. The summed E-state index contributed by atoms with van der Waals surface area (Å²) in [7, 11) is 1.30. The second-order valence-corrected chi connectivity index (χ2v) is 5.87. The summed E-state index contributed by atoms with van der Waals surface area (Å²) in [6, 6.07) is 17.4. The molecule has 25 heavy (non-hydrogen) atoms. The van der Waals surface area contributed by atoms with E-state index in [1.165, 1.54) is 12.7 Å². The highest BCUT2D eigenvalue weighted by Crippen LogP contribution is 2.39. The molecule has 0 radical (unpaired) electrons. The fourth-order valence-corrected chi connectivity index (χ4v) is 3.02. The number of nitrogens with zero attached hydrogens (tertiary/aromatic N) is 1. The Bertz CT molecular complexity index is 807. The average Bonchev–Trinajstić information content (AvgIpc) is 2.68. The summed E-state index contributed by atoms with van der Waals surface area (Å²) >= 11 is 0. The molecule has 0 amide bonds. The van der Waals surface area contributed by atoms with E-state index in [2.05, 4.69) is 19.1 Å². The first kappa shape index (κ1) is 17.0. The molecule has 0 aromatic heterocycles. The van der Waals surface area contributed by atoms with E-state index in [-0.39, 0.29) is 5.70 Å². The van der Waals surface area contributed by atoms with Gasteiger partial charge in [0.15, 0.2) is 0 Å². The number of rotatable bonds is 4. The number of aryl methyl sites for hydroxylation is 1. The summed E-state index contributed by atoms with van der Waals surface area (Å²) in [4.78, 5) is 12.0. The highest BCUT2D eigenvalue weighted by atomic mass is 16.5. The third-order valence-electron chi connectivity index (χ3n) is 4.41. The van der Waals surface area contributed by atoms with Gasteiger partial charge in [0.25, 0.3) is 0 Å². The van der Waals surface area contributed by atoms with E-state index in [0.717, 1.165) is 28.2 Å². The lowest BCUT2D eigenvalue weighted by Gasteiger charge is -2.33. The average molecular weight is 335 g/mol. The van der Waals surface area contributed by atoms with Crippen LogP contribution in [0.5, 0.6) is 0 Å². The minimum Gasteiger partial charge on any atom is -0.464 e. The van der Waals surface area contributed by atoms with E-state index in [1.54, 1.807) is 6.08 Å². The number of hydroxylamine groups is 2. The molecule has 0 saturated heterocycles. The summed E-state index contributed by atoms with van der Waals surface area (Å²) < 4.78 is 4.78. The maximum atomic E-state index is 12.0. The highest BCUT2D eigenvalue weighted by molar-refractivity contribution is 5.90. The van der Waals surface area contributed by atoms with Crippen molar-refractivity contribution in [3.8, 4) is 0 Å². The Balaban J connectivity index is 2.09. The molecule has 1 N–H and O–H groups in total. The van der Waals surface area contributed by atoms with E-state index in [1.807, 2.05) is 48.5 Å². The lowest BCUT2D eigenvalue weighted by molar-refractivity contribution is -0.148. The summed E-state index contributed by atoms with van der Waals surface area (Å²) in [6.45, 7) is 2.11. The molecular weight excluding hydrogens is 314 g/mol. The van der Waals surface area contributed by atoms with Crippen molar-refractivity contribution in [1.82, 2.24) is 5.06 Å². The molecule has 0 saturated carbocycles. The van der Waals surface area contributed by atoms with Crippen molar-refractivity contribution < 1.29 is 14.7 Å². The molecule has 4 heteroatoms. The van der Waals surface area contributed by atoms with Gasteiger partial charge in [-0.2, -0.15) is 0 Å². The van der Waals surface area contributed by atoms with E-state index in [0.29, 0.717) is 0 Å².